The van der Waals surface area contributed by atoms with Gasteiger partial charge in [-0.25, -0.2) is 4.98 Å². The summed E-state index contributed by atoms with van der Waals surface area (Å²) in [6, 6.07) is 6.14. The molecule has 2 rings (SSSR count). The molecule has 0 atom stereocenters. The molecule has 0 saturated carbocycles. The number of nitrogens with zero attached hydrogens (tertiary/aromatic N) is 1. The third kappa shape index (κ3) is 6.32. The van der Waals surface area contributed by atoms with Gasteiger partial charge in [-0.05, 0) is 30.3 Å². The Morgan fingerprint density at radius 2 is 1.84 bits per heavy atom. The van der Waals surface area contributed by atoms with Crippen molar-refractivity contribution in [2.75, 3.05) is 18.4 Å². The van der Waals surface area contributed by atoms with Crippen LogP contribution in [0.1, 0.15) is 10.4 Å². The minimum atomic E-state index is -4.77. The lowest BCUT2D eigenvalue weighted by atomic mass is 10.2. The summed E-state index contributed by atoms with van der Waals surface area (Å²) in [4.78, 5) is 15.9. The van der Waals surface area contributed by atoms with Crippen molar-refractivity contribution in [3.05, 3.63) is 52.1 Å². The normalized spacial score (nSPS) is 11.1. The molecule has 2 N–H and O–H groups in total. The number of hydrogen-bond donors (Lipinski definition) is 2. The van der Waals surface area contributed by atoms with E-state index in [1.807, 2.05) is 0 Å². The van der Waals surface area contributed by atoms with Crippen molar-refractivity contribution in [2.24, 2.45) is 0 Å². The first-order chi connectivity index (χ1) is 11.7. The first-order valence-corrected chi connectivity index (χ1v) is 7.69. The lowest BCUT2D eigenvalue weighted by Crippen LogP contribution is -2.28. The molecule has 0 aliphatic rings. The van der Waals surface area contributed by atoms with Crippen molar-refractivity contribution in [2.45, 2.75) is 6.36 Å². The van der Waals surface area contributed by atoms with Gasteiger partial charge in [0.05, 0.1) is 10.0 Å². The van der Waals surface area contributed by atoms with Gasteiger partial charge in [0.15, 0.2) is 0 Å². The summed E-state index contributed by atoms with van der Waals surface area (Å²) in [6.45, 7) is 0.593. The fourth-order valence-electron chi connectivity index (χ4n) is 1.81. The SMILES string of the molecule is O=C(NCCNc1ncc(Cl)cc1Cl)c1ccc(OC(F)(F)F)cc1. The summed E-state index contributed by atoms with van der Waals surface area (Å²) in [6.07, 6.45) is -3.34. The molecule has 0 bridgehead atoms. The van der Waals surface area contributed by atoms with E-state index in [4.69, 9.17) is 23.2 Å². The summed E-state index contributed by atoms with van der Waals surface area (Å²) < 4.78 is 39.9. The Labute approximate surface area is 151 Å². The van der Waals surface area contributed by atoms with Crippen molar-refractivity contribution in [3.8, 4) is 5.75 Å². The molecule has 25 heavy (non-hydrogen) atoms. The number of alkyl halides is 3. The molecule has 0 fully saturated rings. The zero-order valence-corrected chi connectivity index (χ0v) is 14.0. The van der Waals surface area contributed by atoms with Gasteiger partial charge in [0.2, 0.25) is 0 Å². The third-order valence-electron chi connectivity index (χ3n) is 2.86. The molecule has 1 heterocycles. The number of carbonyl (C=O) groups is 1. The first kappa shape index (κ1) is 19.1. The second-order valence-electron chi connectivity index (χ2n) is 4.74. The predicted molar refractivity (Wildman–Crippen MR) is 88.2 cm³/mol. The number of halogens is 5. The maximum atomic E-state index is 12.1. The van der Waals surface area contributed by atoms with E-state index in [-0.39, 0.29) is 12.1 Å². The van der Waals surface area contributed by atoms with Gasteiger partial charge >= 0.3 is 6.36 Å². The molecule has 0 aliphatic carbocycles. The highest BCUT2D eigenvalue weighted by Gasteiger charge is 2.31. The van der Waals surface area contributed by atoms with Gasteiger partial charge < -0.3 is 15.4 Å². The summed E-state index contributed by atoms with van der Waals surface area (Å²) in [7, 11) is 0. The van der Waals surface area contributed by atoms with Crippen molar-refractivity contribution in [1.29, 1.82) is 0 Å². The number of carbonyl (C=O) groups excluding carboxylic acids is 1. The van der Waals surface area contributed by atoms with Gasteiger partial charge in [-0.2, -0.15) is 0 Å². The molecule has 10 heteroatoms. The van der Waals surface area contributed by atoms with Crippen LogP contribution in [0.5, 0.6) is 5.75 Å². The molecule has 0 aliphatic heterocycles. The molecule has 1 aromatic heterocycles. The van der Waals surface area contributed by atoms with Crippen LogP contribution in [0.4, 0.5) is 19.0 Å². The quantitative estimate of drug-likeness (QED) is 0.724. The van der Waals surface area contributed by atoms with Crippen LogP contribution in [0, 0.1) is 0 Å². The Morgan fingerprint density at radius 3 is 2.44 bits per heavy atom. The minimum absolute atomic E-state index is 0.206. The number of pyridine rings is 1. The molecular weight excluding hydrogens is 382 g/mol. The molecule has 1 aromatic carbocycles. The largest absolute Gasteiger partial charge is 0.573 e. The summed E-state index contributed by atoms with van der Waals surface area (Å²) in [5.41, 5.74) is 0.206. The minimum Gasteiger partial charge on any atom is -0.406 e. The number of hydrogen-bond acceptors (Lipinski definition) is 4. The average Bonchev–Trinajstić information content (AvgIpc) is 2.52. The fraction of sp³-hybridized carbons (Fsp3) is 0.200. The Kier molecular flexibility index (Phi) is 6.33. The van der Waals surface area contributed by atoms with Crippen LogP contribution < -0.4 is 15.4 Å². The lowest BCUT2D eigenvalue weighted by Gasteiger charge is -2.10. The van der Waals surface area contributed by atoms with Gasteiger partial charge in [-0.1, -0.05) is 23.2 Å². The second kappa shape index (κ2) is 8.26. The highest BCUT2D eigenvalue weighted by Crippen LogP contribution is 2.23. The number of anilines is 1. The Bertz CT molecular complexity index is 740. The van der Waals surface area contributed by atoms with Crippen LogP contribution in [-0.4, -0.2) is 30.3 Å². The van der Waals surface area contributed by atoms with Crippen LogP contribution in [0.15, 0.2) is 36.5 Å². The highest BCUT2D eigenvalue weighted by molar-refractivity contribution is 6.35. The van der Waals surface area contributed by atoms with E-state index in [1.165, 1.54) is 24.4 Å². The van der Waals surface area contributed by atoms with Crippen LogP contribution >= 0.6 is 23.2 Å². The number of benzene rings is 1. The smallest absolute Gasteiger partial charge is 0.406 e. The van der Waals surface area contributed by atoms with Crippen LogP contribution in [0.25, 0.3) is 0 Å². The molecule has 0 radical (unpaired) electrons. The maximum Gasteiger partial charge on any atom is 0.573 e. The number of aromatic nitrogens is 1. The topological polar surface area (TPSA) is 63.2 Å². The number of rotatable bonds is 6. The van der Waals surface area contributed by atoms with Crippen LogP contribution in [-0.2, 0) is 0 Å². The Morgan fingerprint density at radius 1 is 1.16 bits per heavy atom. The van der Waals surface area contributed by atoms with Gasteiger partial charge in [-0.3, -0.25) is 4.79 Å². The number of amides is 1. The number of ether oxygens (including phenoxy) is 1. The van der Waals surface area contributed by atoms with Crippen molar-refractivity contribution >= 4 is 34.9 Å². The van der Waals surface area contributed by atoms with Gasteiger partial charge in [0.1, 0.15) is 11.6 Å². The standard InChI is InChI=1S/C15H12Cl2F3N3O2/c16-10-7-12(17)13(23-8-10)21-5-6-22-14(24)9-1-3-11(4-2-9)25-15(18,19)20/h1-4,7-8H,5-6H2,(H,21,23)(H,22,24). The summed E-state index contributed by atoms with van der Waals surface area (Å²) in [5, 5.41) is 6.28. The molecule has 0 spiro atoms. The van der Waals surface area contributed by atoms with E-state index in [2.05, 4.69) is 20.4 Å². The molecular formula is C15H12Cl2F3N3O2. The fourth-order valence-corrected chi connectivity index (χ4v) is 2.26. The Balaban J connectivity index is 1.80. The van der Waals surface area contributed by atoms with E-state index < -0.39 is 18.0 Å². The lowest BCUT2D eigenvalue weighted by molar-refractivity contribution is -0.274. The molecule has 0 unspecified atom stereocenters. The van der Waals surface area contributed by atoms with E-state index in [0.29, 0.717) is 22.4 Å². The molecule has 1 amide bonds. The predicted octanol–water partition coefficient (Wildman–Crippen LogP) is 4.13. The van der Waals surface area contributed by atoms with Crippen molar-refractivity contribution in [3.63, 3.8) is 0 Å². The van der Waals surface area contributed by atoms with Crippen molar-refractivity contribution in [1.82, 2.24) is 10.3 Å². The number of nitrogens with one attached hydrogen (secondary N) is 2. The zero-order valence-electron chi connectivity index (χ0n) is 12.5. The summed E-state index contributed by atoms with van der Waals surface area (Å²) >= 11 is 11.7. The van der Waals surface area contributed by atoms with E-state index >= 15 is 0 Å². The summed E-state index contributed by atoms with van der Waals surface area (Å²) in [5.74, 6) is -0.404. The van der Waals surface area contributed by atoms with E-state index in [0.717, 1.165) is 12.1 Å². The van der Waals surface area contributed by atoms with E-state index in [1.54, 1.807) is 0 Å². The van der Waals surface area contributed by atoms with Crippen molar-refractivity contribution < 1.29 is 22.7 Å². The molecule has 2 aromatic rings. The van der Waals surface area contributed by atoms with Gasteiger partial charge in [0, 0.05) is 24.8 Å². The van der Waals surface area contributed by atoms with Gasteiger partial charge in [0.25, 0.3) is 5.91 Å². The van der Waals surface area contributed by atoms with Crippen LogP contribution in [0.3, 0.4) is 0 Å². The first-order valence-electron chi connectivity index (χ1n) is 6.93. The van der Waals surface area contributed by atoms with Crippen LogP contribution in [0.2, 0.25) is 10.0 Å². The van der Waals surface area contributed by atoms with E-state index in [9.17, 15) is 18.0 Å². The van der Waals surface area contributed by atoms with Gasteiger partial charge in [-0.15, -0.1) is 13.2 Å². The monoisotopic (exact) mass is 393 g/mol. The zero-order chi connectivity index (χ0) is 18.4. The highest BCUT2D eigenvalue weighted by atomic mass is 35.5. The third-order valence-corrected chi connectivity index (χ3v) is 3.36. The molecule has 134 valence electrons. The second-order valence-corrected chi connectivity index (χ2v) is 5.58. The Hall–Kier alpha value is -2.19. The average molecular weight is 394 g/mol. The maximum absolute atomic E-state index is 12.1. The molecule has 5 nitrogen and oxygen atoms in total. The molecule has 0 saturated heterocycles.